The molecule has 0 aromatic heterocycles. The Balaban J connectivity index is 1.82. The quantitative estimate of drug-likeness (QED) is 0.706. The lowest BCUT2D eigenvalue weighted by molar-refractivity contribution is -0.122. The van der Waals surface area contributed by atoms with E-state index < -0.39 is 0 Å². The predicted molar refractivity (Wildman–Crippen MR) is 95.8 cm³/mol. The zero-order valence-corrected chi connectivity index (χ0v) is 14.9. The third kappa shape index (κ3) is 6.49. The van der Waals surface area contributed by atoms with Gasteiger partial charge in [-0.3, -0.25) is 9.59 Å². The molecule has 0 radical (unpaired) electrons. The second-order valence-corrected chi connectivity index (χ2v) is 6.80. The molecule has 2 atom stereocenters. The predicted octanol–water partition coefficient (Wildman–Crippen LogP) is 2.41. The standard InChI is InChI=1S/C18H26ClN3O2/c1-13(23)22-17(15-4-6-16(19)7-5-15)11-18(24)21-10-8-14-3-2-9-20-12-14/h4-7,14,17,20H,2-3,8-12H2,1H3,(H,21,24)(H,22,23). The molecular weight excluding hydrogens is 326 g/mol. The molecule has 1 heterocycles. The van der Waals surface area contributed by atoms with Gasteiger partial charge >= 0.3 is 0 Å². The van der Waals surface area contributed by atoms with Gasteiger partial charge in [0, 0.05) is 18.5 Å². The molecule has 2 unspecified atom stereocenters. The van der Waals surface area contributed by atoms with E-state index in [4.69, 9.17) is 11.6 Å². The number of nitrogens with one attached hydrogen (secondary N) is 3. The molecule has 3 N–H and O–H groups in total. The zero-order chi connectivity index (χ0) is 17.4. The molecule has 0 aliphatic carbocycles. The summed E-state index contributed by atoms with van der Waals surface area (Å²) in [5, 5.41) is 9.82. The summed E-state index contributed by atoms with van der Waals surface area (Å²) in [7, 11) is 0. The normalized spacial score (nSPS) is 18.7. The van der Waals surface area contributed by atoms with Crippen molar-refractivity contribution in [2.45, 2.75) is 38.6 Å². The van der Waals surface area contributed by atoms with Gasteiger partial charge in [-0.05, 0) is 56.0 Å². The summed E-state index contributed by atoms with van der Waals surface area (Å²) < 4.78 is 0. The van der Waals surface area contributed by atoms with Crippen molar-refractivity contribution in [2.24, 2.45) is 5.92 Å². The molecule has 1 aromatic carbocycles. The van der Waals surface area contributed by atoms with Gasteiger partial charge in [0.15, 0.2) is 0 Å². The number of amides is 2. The molecule has 1 fully saturated rings. The van der Waals surface area contributed by atoms with Gasteiger partial charge in [-0.2, -0.15) is 0 Å². The van der Waals surface area contributed by atoms with Crippen LogP contribution in [0.15, 0.2) is 24.3 Å². The summed E-state index contributed by atoms with van der Waals surface area (Å²) in [4.78, 5) is 23.6. The first-order chi connectivity index (χ1) is 11.5. The lowest BCUT2D eigenvalue weighted by atomic mass is 9.96. The van der Waals surface area contributed by atoms with E-state index in [0.29, 0.717) is 17.5 Å². The van der Waals surface area contributed by atoms with Crippen molar-refractivity contribution in [2.75, 3.05) is 19.6 Å². The van der Waals surface area contributed by atoms with Crippen LogP contribution in [0.2, 0.25) is 5.02 Å². The summed E-state index contributed by atoms with van der Waals surface area (Å²) in [6, 6.07) is 6.86. The maximum atomic E-state index is 12.2. The van der Waals surface area contributed by atoms with Crippen LogP contribution in [0.3, 0.4) is 0 Å². The monoisotopic (exact) mass is 351 g/mol. The minimum Gasteiger partial charge on any atom is -0.356 e. The first-order valence-electron chi connectivity index (χ1n) is 8.54. The largest absolute Gasteiger partial charge is 0.356 e. The van der Waals surface area contributed by atoms with Crippen LogP contribution in [0.5, 0.6) is 0 Å². The van der Waals surface area contributed by atoms with E-state index in [0.717, 1.165) is 25.1 Å². The molecule has 1 saturated heterocycles. The maximum Gasteiger partial charge on any atom is 0.222 e. The lowest BCUT2D eigenvalue weighted by Crippen LogP contribution is -2.35. The van der Waals surface area contributed by atoms with Crippen LogP contribution in [-0.4, -0.2) is 31.4 Å². The van der Waals surface area contributed by atoms with Crippen LogP contribution in [-0.2, 0) is 9.59 Å². The zero-order valence-electron chi connectivity index (χ0n) is 14.1. The number of hydrogen-bond acceptors (Lipinski definition) is 3. The molecule has 0 bridgehead atoms. The van der Waals surface area contributed by atoms with Crippen molar-refractivity contribution in [1.82, 2.24) is 16.0 Å². The van der Waals surface area contributed by atoms with Gasteiger partial charge < -0.3 is 16.0 Å². The first kappa shape index (κ1) is 18.7. The van der Waals surface area contributed by atoms with E-state index in [-0.39, 0.29) is 24.3 Å². The fourth-order valence-electron chi connectivity index (χ4n) is 3.04. The molecule has 2 rings (SSSR count). The Morgan fingerprint density at radius 1 is 1.33 bits per heavy atom. The number of benzene rings is 1. The third-order valence-electron chi connectivity index (χ3n) is 4.31. The maximum absolute atomic E-state index is 12.2. The average Bonchev–Trinajstić information content (AvgIpc) is 2.55. The Kier molecular flexibility index (Phi) is 7.53. The molecule has 6 heteroatoms. The summed E-state index contributed by atoms with van der Waals surface area (Å²) in [6.45, 7) is 4.27. The number of hydrogen-bond donors (Lipinski definition) is 3. The van der Waals surface area contributed by atoms with E-state index in [1.807, 2.05) is 12.1 Å². The number of piperidine rings is 1. The minimum atomic E-state index is -0.337. The van der Waals surface area contributed by atoms with Gasteiger partial charge in [0.2, 0.25) is 11.8 Å². The van der Waals surface area contributed by atoms with Gasteiger partial charge in [-0.25, -0.2) is 0 Å². The van der Waals surface area contributed by atoms with E-state index >= 15 is 0 Å². The molecule has 0 spiro atoms. The van der Waals surface area contributed by atoms with Gasteiger partial charge in [0.1, 0.15) is 0 Å². The van der Waals surface area contributed by atoms with Gasteiger partial charge in [-0.15, -0.1) is 0 Å². The Bertz CT molecular complexity index is 542. The number of carbonyl (C=O) groups is 2. The van der Waals surface area contributed by atoms with Crippen LogP contribution < -0.4 is 16.0 Å². The van der Waals surface area contributed by atoms with Crippen LogP contribution in [0, 0.1) is 5.92 Å². The molecule has 5 nitrogen and oxygen atoms in total. The third-order valence-corrected chi connectivity index (χ3v) is 4.57. The van der Waals surface area contributed by atoms with Crippen molar-refractivity contribution in [3.8, 4) is 0 Å². The van der Waals surface area contributed by atoms with Crippen molar-refractivity contribution in [1.29, 1.82) is 0 Å². The van der Waals surface area contributed by atoms with Crippen molar-refractivity contribution in [3.05, 3.63) is 34.9 Å². The van der Waals surface area contributed by atoms with Crippen LogP contribution in [0.4, 0.5) is 0 Å². The Hall–Kier alpha value is -1.59. The van der Waals surface area contributed by atoms with Crippen LogP contribution >= 0.6 is 11.6 Å². The fraction of sp³-hybridized carbons (Fsp3) is 0.556. The molecule has 24 heavy (non-hydrogen) atoms. The second-order valence-electron chi connectivity index (χ2n) is 6.36. The molecule has 1 aromatic rings. The van der Waals surface area contributed by atoms with Crippen LogP contribution in [0.1, 0.15) is 44.2 Å². The highest BCUT2D eigenvalue weighted by atomic mass is 35.5. The number of carbonyl (C=O) groups excluding carboxylic acids is 2. The highest BCUT2D eigenvalue weighted by Crippen LogP contribution is 2.19. The highest BCUT2D eigenvalue weighted by Gasteiger charge is 2.18. The molecule has 132 valence electrons. The number of halogens is 1. The average molecular weight is 352 g/mol. The summed E-state index contributed by atoms with van der Waals surface area (Å²) in [5.74, 6) is 0.435. The number of rotatable bonds is 7. The van der Waals surface area contributed by atoms with Crippen molar-refractivity contribution in [3.63, 3.8) is 0 Å². The van der Waals surface area contributed by atoms with Gasteiger partial charge in [-0.1, -0.05) is 23.7 Å². The molecule has 1 aliphatic heterocycles. The summed E-state index contributed by atoms with van der Waals surface area (Å²) in [6.07, 6.45) is 3.65. The molecule has 1 aliphatic rings. The van der Waals surface area contributed by atoms with Gasteiger partial charge in [0.25, 0.3) is 0 Å². The first-order valence-corrected chi connectivity index (χ1v) is 8.92. The Morgan fingerprint density at radius 2 is 2.08 bits per heavy atom. The smallest absolute Gasteiger partial charge is 0.222 e. The fourth-order valence-corrected chi connectivity index (χ4v) is 3.16. The Morgan fingerprint density at radius 3 is 2.71 bits per heavy atom. The Labute approximate surface area is 148 Å². The van der Waals surface area contributed by atoms with Crippen LogP contribution in [0.25, 0.3) is 0 Å². The molecule has 2 amide bonds. The highest BCUT2D eigenvalue weighted by molar-refractivity contribution is 6.30. The van der Waals surface area contributed by atoms with Crippen molar-refractivity contribution < 1.29 is 9.59 Å². The summed E-state index contributed by atoms with van der Waals surface area (Å²) in [5.41, 5.74) is 0.876. The SMILES string of the molecule is CC(=O)NC(CC(=O)NCCC1CCCNC1)c1ccc(Cl)cc1. The molecule has 0 saturated carbocycles. The van der Waals surface area contributed by atoms with Crippen molar-refractivity contribution >= 4 is 23.4 Å². The van der Waals surface area contributed by atoms with E-state index in [2.05, 4.69) is 16.0 Å². The molecular formula is C18H26ClN3O2. The lowest BCUT2D eigenvalue weighted by Gasteiger charge is -2.23. The van der Waals surface area contributed by atoms with E-state index in [1.54, 1.807) is 12.1 Å². The van der Waals surface area contributed by atoms with E-state index in [1.165, 1.54) is 19.8 Å². The second kappa shape index (κ2) is 9.64. The summed E-state index contributed by atoms with van der Waals surface area (Å²) >= 11 is 5.90. The van der Waals surface area contributed by atoms with Gasteiger partial charge in [0.05, 0.1) is 12.5 Å². The minimum absolute atomic E-state index is 0.0486. The van der Waals surface area contributed by atoms with E-state index in [9.17, 15) is 9.59 Å². The topological polar surface area (TPSA) is 70.2 Å².